The Morgan fingerprint density at radius 1 is 1.13 bits per heavy atom. The molecule has 0 saturated heterocycles. The van der Waals surface area contributed by atoms with E-state index >= 15 is 0 Å². The third-order valence-electron chi connectivity index (χ3n) is 1.35. The van der Waals surface area contributed by atoms with Crippen LogP contribution in [0.1, 0.15) is 0 Å². The third kappa shape index (κ3) is 16.7. The lowest BCUT2D eigenvalue weighted by atomic mass is 10.6. The number of nitrogens with two attached hydrogens (primary N) is 1. The van der Waals surface area contributed by atoms with Crippen molar-refractivity contribution < 1.29 is 14.2 Å². The van der Waals surface area contributed by atoms with Gasteiger partial charge in [0.05, 0.1) is 33.0 Å². The van der Waals surface area contributed by atoms with Gasteiger partial charge < -0.3 is 25.3 Å². The SMILES string of the molecule is Br.COCCOCCOCCNC(N)=S. The second-order valence-electron chi connectivity index (χ2n) is 2.51. The second kappa shape index (κ2) is 14.1. The van der Waals surface area contributed by atoms with E-state index in [0.717, 1.165) is 0 Å². The molecule has 0 atom stereocenters. The summed E-state index contributed by atoms with van der Waals surface area (Å²) in [4.78, 5) is 0. The first-order valence-electron chi connectivity index (χ1n) is 4.45. The van der Waals surface area contributed by atoms with Crippen LogP contribution in [0.15, 0.2) is 0 Å². The molecule has 0 radical (unpaired) electrons. The van der Waals surface area contributed by atoms with Gasteiger partial charge >= 0.3 is 0 Å². The molecule has 5 nitrogen and oxygen atoms in total. The molecule has 0 aromatic rings. The molecule has 92 valence electrons. The topological polar surface area (TPSA) is 65.7 Å². The maximum Gasteiger partial charge on any atom is 0.163 e. The number of hydrogen-bond donors (Lipinski definition) is 2. The maximum absolute atomic E-state index is 5.22. The van der Waals surface area contributed by atoms with Crippen LogP contribution >= 0.6 is 29.2 Å². The van der Waals surface area contributed by atoms with E-state index in [-0.39, 0.29) is 17.0 Å². The molecule has 7 heteroatoms. The predicted molar refractivity (Wildman–Crippen MR) is 68.6 cm³/mol. The molecule has 0 saturated carbocycles. The van der Waals surface area contributed by atoms with Gasteiger partial charge in [-0.25, -0.2) is 0 Å². The molecule has 3 N–H and O–H groups in total. The van der Waals surface area contributed by atoms with Crippen LogP contribution in [0.4, 0.5) is 0 Å². The summed E-state index contributed by atoms with van der Waals surface area (Å²) in [5, 5.41) is 3.08. The van der Waals surface area contributed by atoms with Gasteiger partial charge in [-0.2, -0.15) is 0 Å². The molecule has 0 aromatic carbocycles. The van der Waals surface area contributed by atoms with Crippen LogP contribution in [0, 0.1) is 0 Å². The fourth-order valence-electron chi connectivity index (χ4n) is 0.711. The first-order valence-corrected chi connectivity index (χ1v) is 4.86. The van der Waals surface area contributed by atoms with Crippen molar-refractivity contribution in [3.8, 4) is 0 Å². The van der Waals surface area contributed by atoms with Gasteiger partial charge in [0.1, 0.15) is 0 Å². The number of hydrogen-bond acceptors (Lipinski definition) is 4. The summed E-state index contributed by atoms with van der Waals surface area (Å²) in [5.74, 6) is 0. The van der Waals surface area contributed by atoms with E-state index in [0.29, 0.717) is 44.7 Å². The van der Waals surface area contributed by atoms with Crippen LogP contribution in [-0.4, -0.2) is 51.8 Å². The first-order chi connectivity index (χ1) is 6.77. The monoisotopic (exact) mass is 302 g/mol. The van der Waals surface area contributed by atoms with Crippen molar-refractivity contribution in [2.45, 2.75) is 0 Å². The molecule has 0 rings (SSSR count). The summed E-state index contributed by atoms with van der Waals surface area (Å²) >= 11 is 4.62. The minimum atomic E-state index is 0. The van der Waals surface area contributed by atoms with Crippen molar-refractivity contribution in [1.82, 2.24) is 5.32 Å². The van der Waals surface area contributed by atoms with E-state index in [1.165, 1.54) is 0 Å². The molecule has 0 heterocycles. The predicted octanol–water partition coefficient (Wildman–Crippen LogP) is 0.0771. The highest BCUT2D eigenvalue weighted by atomic mass is 79.9. The molecule has 0 fully saturated rings. The van der Waals surface area contributed by atoms with Crippen LogP contribution in [0.2, 0.25) is 0 Å². The Bertz CT molecular complexity index is 152. The minimum Gasteiger partial charge on any atom is -0.382 e. The molecule has 0 amide bonds. The van der Waals surface area contributed by atoms with Crippen molar-refractivity contribution in [3.05, 3.63) is 0 Å². The van der Waals surface area contributed by atoms with Gasteiger partial charge in [0.15, 0.2) is 5.11 Å². The number of rotatable bonds is 9. The van der Waals surface area contributed by atoms with Crippen LogP contribution in [0.3, 0.4) is 0 Å². The normalized spacial score (nSPS) is 9.40. The van der Waals surface area contributed by atoms with Gasteiger partial charge in [-0.05, 0) is 12.2 Å². The van der Waals surface area contributed by atoms with E-state index in [2.05, 4.69) is 17.5 Å². The quantitative estimate of drug-likeness (QED) is 0.464. The van der Waals surface area contributed by atoms with Crippen LogP contribution in [-0.2, 0) is 14.2 Å². The number of halogens is 1. The molecule has 0 aliphatic rings. The van der Waals surface area contributed by atoms with Gasteiger partial charge in [-0.1, -0.05) is 0 Å². The van der Waals surface area contributed by atoms with Gasteiger partial charge in [0, 0.05) is 13.7 Å². The molecule has 0 aromatic heterocycles. The van der Waals surface area contributed by atoms with E-state index in [4.69, 9.17) is 19.9 Å². The van der Waals surface area contributed by atoms with E-state index in [1.54, 1.807) is 7.11 Å². The minimum absolute atomic E-state index is 0. The van der Waals surface area contributed by atoms with Crippen molar-refractivity contribution in [3.63, 3.8) is 0 Å². The van der Waals surface area contributed by atoms with Crippen LogP contribution < -0.4 is 11.1 Å². The number of nitrogens with one attached hydrogen (secondary N) is 1. The van der Waals surface area contributed by atoms with Crippen molar-refractivity contribution in [2.24, 2.45) is 5.73 Å². The van der Waals surface area contributed by atoms with E-state index in [9.17, 15) is 0 Å². The molecule has 0 spiro atoms. The number of ether oxygens (including phenoxy) is 3. The summed E-state index contributed by atoms with van der Waals surface area (Å²) in [6.07, 6.45) is 0. The summed E-state index contributed by atoms with van der Waals surface area (Å²) < 4.78 is 15.2. The number of thiocarbonyl (C=S) groups is 1. The highest BCUT2D eigenvalue weighted by Gasteiger charge is 1.90. The Hall–Kier alpha value is 0.0500. The fraction of sp³-hybridized carbons (Fsp3) is 0.875. The highest BCUT2D eigenvalue weighted by molar-refractivity contribution is 8.93. The first kappa shape index (κ1) is 17.4. The Kier molecular flexibility index (Phi) is 16.3. The maximum atomic E-state index is 5.22. The Balaban J connectivity index is 0. The molecule has 0 aliphatic heterocycles. The van der Waals surface area contributed by atoms with E-state index in [1.807, 2.05) is 0 Å². The Morgan fingerprint density at radius 3 is 2.20 bits per heavy atom. The summed E-state index contributed by atoms with van der Waals surface area (Å²) in [6, 6.07) is 0. The van der Waals surface area contributed by atoms with Gasteiger partial charge in [-0.3, -0.25) is 0 Å². The van der Waals surface area contributed by atoms with Crippen LogP contribution in [0.25, 0.3) is 0 Å². The van der Waals surface area contributed by atoms with Crippen molar-refractivity contribution in [1.29, 1.82) is 0 Å². The zero-order valence-corrected chi connectivity index (χ0v) is 11.4. The second-order valence-corrected chi connectivity index (χ2v) is 2.95. The molecular formula is C8H19BrN2O3S. The summed E-state index contributed by atoms with van der Waals surface area (Å²) in [7, 11) is 1.64. The molecule has 15 heavy (non-hydrogen) atoms. The molecule has 0 aliphatic carbocycles. The fourth-order valence-corrected chi connectivity index (χ4v) is 0.813. The average Bonchev–Trinajstić information content (AvgIpc) is 2.15. The smallest absolute Gasteiger partial charge is 0.163 e. The number of methoxy groups -OCH3 is 1. The Labute approximate surface area is 106 Å². The average molecular weight is 303 g/mol. The molecule has 0 unspecified atom stereocenters. The van der Waals surface area contributed by atoms with E-state index < -0.39 is 0 Å². The third-order valence-corrected chi connectivity index (χ3v) is 1.49. The zero-order valence-electron chi connectivity index (χ0n) is 8.86. The van der Waals surface area contributed by atoms with Crippen molar-refractivity contribution >= 4 is 34.3 Å². The lowest BCUT2D eigenvalue weighted by Gasteiger charge is -2.06. The Morgan fingerprint density at radius 2 is 1.67 bits per heavy atom. The highest BCUT2D eigenvalue weighted by Crippen LogP contribution is 1.78. The standard InChI is InChI=1S/C8H18N2O3S.BrH/c1-11-4-5-13-7-6-12-3-2-10-8(9)14;/h2-7H2,1H3,(H3,9,10,14);1H. The van der Waals surface area contributed by atoms with Gasteiger partial charge in [-0.15, -0.1) is 17.0 Å². The van der Waals surface area contributed by atoms with Crippen LogP contribution in [0.5, 0.6) is 0 Å². The van der Waals surface area contributed by atoms with Gasteiger partial charge in [0.25, 0.3) is 0 Å². The summed E-state index contributed by atoms with van der Waals surface area (Å²) in [6.45, 7) is 3.57. The largest absolute Gasteiger partial charge is 0.382 e. The zero-order chi connectivity index (χ0) is 10.6. The lowest BCUT2D eigenvalue weighted by molar-refractivity contribution is 0.0262. The molecule has 0 bridgehead atoms. The van der Waals surface area contributed by atoms with Crippen molar-refractivity contribution in [2.75, 3.05) is 46.7 Å². The van der Waals surface area contributed by atoms with Gasteiger partial charge in [0.2, 0.25) is 0 Å². The summed E-state index contributed by atoms with van der Waals surface area (Å²) in [5.41, 5.74) is 5.21. The lowest BCUT2D eigenvalue weighted by Crippen LogP contribution is -2.32. The molecular weight excluding hydrogens is 284 g/mol.